The molecule has 5 N–H and O–H groups in total. The van der Waals surface area contributed by atoms with Crippen molar-refractivity contribution in [2.45, 2.75) is 25.4 Å². The van der Waals surface area contributed by atoms with Crippen molar-refractivity contribution >= 4 is 44.0 Å². The molecule has 1 fully saturated rings. The molecule has 0 spiro atoms. The molecule has 2 aromatic carbocycles. The Morgan fingerprint density at radius 1 is 1.08 bits per heavy atom. The average molecular weight is 361 g/mol. The lowest BCUT2D eigenvalue weighted by Crippen LogP contribution is -2.06. The maximum absolute atomic E-state index is 6.39. The lowest BCUT2D eigenvalue weighted by Gasteiger charge is -2.09. The van der Waals surface area contributed by atoms with E-state index in [0.717, 1.165) is 26.4 Å². The molecule has 1 aliphatic carbocycles. The number of benzene rings is 2. The molecule has 6 heteroatoms. The van der Waals surface area contributed by atoms with Gasteiger partial charge in [0.05, 0.1) is 16.8 Å². The molecule has 5 rings (SSSR count). The summed E-state index contributed by atoms with van der Waals surface area (Å²) < 4.78 is 0. The van der Waals surface area contributed by atoms with Crippen molar-refractivity contribution in [3.05, 3.63) is 47.3 Å². The Bertz CT molecular complexity index is 1130. The standard InChI is InChI=1S/C20H19N5S/c21-10-15-17(22)16-18(13-6-5-11-3-1-2-4-12(11)9-13)24-20(23-14-7-8-14)25-19(16)26-15/h1-6,9,14H,7-8,10,21-22H2,(H,23,24,25). The summed E-state index contributed by atoms with van der Waals surface area (Å²) in [6.45, 7) is 0.412. The van der Waals surface area contributed by atoms with Crippen LogP contribution in [-0.2, 0) is 6.54 Å². The topological polar surface area (TPSA) is 89.8 Å². The Labute approximate surface area is 155 Å². The third-order valence-corrected chi connectivity index (χ3v) is 5.91. The summed E-state index contributed by atoms with van der Waals surface area (Å²) in [5.41, 5.74) is 14.9. The molecule has 0 bridgehead atoms. The summed E-state index contributed by atoms with van der Waals surface area (Å²) in [4.78, 5) is 11.4. The molecule has 26 heavy (non-hydrogen) atoms. The van der Waals surface area contributed by atoms with Crippen LogP contribution in [0.4, 0.5) is 11.6 Å². The van der Waals surface area contributed by atoms with Crippen LogP contribution in [0, 0.1) is 0 Å². The Morgan fingerprint density at radius 3 is 2.65 bits per heavy atom. The van der Waals surface area contributed by atoms with Crippen molar-refractivity contribution in [3.8, 4) is 11.3 Å². The fourth-order valence-electron chi connectivity index (χ4n) is 3.24. The zero-order chi connectivity index (χ0) is 17.7. The van der Waals surface area contributed by atoms with Gasteiger partial charge in [-0.1, -0.05) is 36.4 Å². The van der Waals surface area contributed by atoms with Gasteiger partial charge in [0, 0.05) is 23.0 Å². The Morgan fingerprint density at radius 2 is 1.88 bits per heavy atom. The van der Waals surface area contributed by atoms with Crippen LogP contribution in [0.3, 0.4) is 0 Å². The molecule has 4 aromatic rings. The summed E-state index contributed by atoms with van der Waals surface area (Å²) >= 11 is 1.56. The van der Waals surface area contributed by atoms with E-state index in [4.69, 9.17) is 21.4 Å². The first-order chi connectivity index (χ1) is 12.7. The number of anilines is 2. The van der Waals surface area contributed by atoms with E-state index in [9.17, 15) is 0 Å². The number of fused-ring (bicyclic) bond motifs is 2. The van der Waals surface area contributed by atoms with Crippen LogP contribution >= 0.6 is 11.3 Å². The molecular formula is C20H19N5S. The molecule has 1 aliphatic rings. The molecule has 2 aromatic heterocycles. The summed E-state index contributed by atoms with van der Waals surface area (Å²) in [6, 6.07) is 15.2. The van der Waals surface area contributed by atoms with Crippen molar-refractivity contribution in [3.63, 3.8) is 0 Å². The van der Waals surface area contributed by atoms with Gasteiger partial charge in [-0.25, -0.2) is 9.97 Å². The number of hydrogen-bond donors (Lipinski definition) is 3. The van der Waals surface area contributed by atoms with Crippen molar-refractivity contribution in [2.24, 2.45) is 5.73 Å². The van der Waals surface area contributed by atoms with E-state index in [0.29, 0.717) is 24.2 Å². The molecule has 5 nitrogen and oxygen atoms in total. The number of nitrogens with two attached hydrogens (primary N) is 2. The van der Waals surface area contributed by atoms with Crippen molar-refractivity contribution in [1.82, 2.24) is 9.97 Å². The molecule has 0 unspecified atom stereocenters. The van der Waals surface area contributed by atoms with Crippen LogP contribution in [-0.4, -0.2) is 16.0 Å². The van der Waals surface area contributed by atoms with E-state index in [-0.39, 0.29) is 0 Å². The number of nitrogens with one attached hydrogen (secondary N) is 1. The molecule has 2 heterocycles. The van der Waals surface area contributed by atoms with Crippen molar-refractivity contribution < 1.29 is 0 Å². The van der Waals surface area contributed by atoms with E-state index in [2.05, 4.69) is 35.6 Å². The fraction of sp³-hybridized carbons (Fsp3) is 0.200. The fourth-order valence-corrected chi connectivity index (χ4v) is 4.21. The highest BCUT2D eigenvalue weighted by Gasteiger charge is 2.24. The number of hydrogen-bond acceptors (Lipinski definition) is 6. The minimum absolute atomic E-state index is 0.412. The summed E-state index contributed by atoms with van der Waals surface area (Å²) in [5, 5.41) is 6.71. The Hall–Kier alpha value is -2.70. The van der Waals surface area contributed by atoms with Gasteiger partial charge < -0.3 is 16.8 Å². The summed E-state index contributed by atoms with van der Waals surface area (Å²) in [6.07, 6.45) is 2.35. The largest absolute Gasteiger partial charge is 0.397 e. The van der Waals surface area contributed by atoms with Crippen molar-refractivity contribution in [1.29, 1.82) is 0 Å². The van der Waals surface area contributed by atoms with Crippen LogP contribution < -0.4 is 16.8 Å². The number of nitrogens with zero attached hydrogens (tertiary/aromatic N) is 2. The zero-order valence-corrected chi connectivity index (χ0v) is 15.0. The highest BCUT2D eigenvalue weighted by Crippen LogP contribution is 2.40. The molecule has 0 aliphatic heterocycles. The summed E-state index contributed by atoms with van der Waals surface area (Å²) in [5.74, 6) is 0.674. The third-order valence-electron chi connectivity index (χ3n) is 4.78. The van der Waals surface area contributed by atoms with Gasteiger partial charge in [0.25, 0.3) is 0 Å². The smallest absolute Gasteiger partial charge is 0.224 e. The predicted octanol–water partition coefficient (Wildman–Crippen LogP) is 4.13. The molecular weight excluding hydrogens is 342 g/mol. The first-order valence-electron chi connectivity index (χ1n) is 8.77. The van der Waals surface area contributed by atoms with Crippen molar-refractivity contribution in [2.75, 3.05) is 11.1 Å². The molecule has 1 saturated carbocycles. The van der Waals surface area contributed by atoms with E-state index >= 15 is 0 Å². The second-order valence-corrected chi connectivity index (χ2v) is 7.78. The second-order valence-electron chi connectivity index (χ2n) is 6.70. The van der Waals surface area contributed by atoms with E-state index < -0.39 is 0 Å². The van der Waals surface area contributed by atoms with Crippen LogP contribution in [0.5, 0.6) is 0 Å². The maximum Gasteiger partial charge on any atom is 0.224 e. The quantitative estimate of drug-likeness (QED) is 0.508. The van der Waals surface area contributed by atoms with Gasteiger partial charge in [0.15, 0.2) is 0 Å². The zero-order valence-electron chi connectivity index (χ0n) is 14.2. The van der Waals surface area contributed by atoms with Gasteiger partial charge in [0.2, 0.25) is 5.95 Å². The van der Waals surface area contributed by atoms with Gasteiger partial charge >= 0.3 is 0 Å². The maximum atomic E-state index is 6.39. The van der Waals surface area contributed by atoms with Crippen LogP contribution in [0.15, 0.2) is 42.5 Å². The van der Waals surface area contributed by atoms with Gasteiger partial charge in [-0.3, -0.25) is 0 Å². The lowest BCUT2D eigenvalue weighted by molar-refractivity contribution is 1.08. The molecule has 0 atom stereocenters. The van der Waals surface area contributed by atoms with E-state index in [1.165, 1.54) is 23.6 Å². The van der Waals surface area contributed by atoms with Gasteiger partial charge in [0.1, 0.15) is 4.83 Å². The van der Waals surface area contributed by atoms with Crippen LogP contribution in [0.25, 0.3) is 32.2 Å². The normalized spacial score (nSPS) is 14.2. The number of rotatable bonds is 4. The van der Waals surface area contributed by atoms with Crippen LogP contribution in [0.1, 0.15) is 17.7 Å². The minimum Gasteiger partial charge on any atom is -0.397 e. The summed E-state index contributed by atoms with van der Waals surface area (Å²) in [7, 11) is 0. The first-order valence-corrected chi connectivity index (χ1v) is 9.59. The van der Waals surface area contributed by atoms with Gasteiger partial charge in [-0.15, -0.1) is 11.3 Å². The minimum atomic E-state index is 0.412. The lowest BCUT2D eigenvalue weighted by atomic mass is 10.0. The molecule has 0 amide bonds. The number of thiophene rings is 1. The highest BCUT2D eigenvalue weighted by molar-refractivity contribution is 7.19. The van der Waals surface area contributed by atoms with Gasteiger partial charge in [-0.2, -0.15) is 0 Å². The van der Waals surface area contributed by atoms with E-state index in [1.54, 1.807) is 11.3 Å². The van der Waals surface area contributed by atoms with Crippen LogP contribution in [0.2, 0.25) is 0 Å². The monoisotopic (exact) mass is 361 g/mol. The van der Waals surface area contributed by atoms with E-state index in [1.807, 2.05) is 12.1 Å². The third kappa shape index (κ3) is 2.58. The SMILES string of the molecule is NCc1sc2nc(NC3CC3)nc(-c3ccc4ccccc4c3)c2c1N. The average Bonchev–Trinajstić information content (AvgIpc) is 3.42. The Balaban J connectivity index is 1.75. The Kier molecular flexibility index (Phi) is 3.55. The van der Waals surface area contributed by atoms with Gasteiger partial charge in [-0.05, 0) is 29.7 Å². The number of nitrogen functional groups attached to an aromatic ring is 1. The second kappa shape index (κ2) is 5.93. The molecule has 130 valence electrons. The molecule has 0 radical (unpaired) electrons. The predicted molar refractivity (Wildman–Crippen MR) is 109 cm³/mol. The molecule has 0 saturated heterocycles. The number of aromatic nitrogens is 2. The first kappa shape index (κ1) is 15.5. The highest BCUT2D eigenvalue weighted by atomic mass is 32.1.